The van der Waals surface area contributed by atoms with E-state index in [9.17, 15) is 8.42 Å². The molecule has 0 radical (unpaired) electrons. The van der Waals surface area contributed by atoms with Crippen LogP contribution in [0.15, 0.2) is 9.42 Å². The second-order valence-electron chi connectivity index (χ2n) is 4.85. The molecule has 1 fully saturated rings. The van der Waals surface area contributed by atoms with Gasteiger partial charge < -0.3 is 4.52 Å². The van der Waals surface area contributed by atoms with Crippen LogP contribution in [0.2, 0.25) is 0 Å². The SMILES string of the molecule is Cc1noc(C)c1S(=O)(=O)N1CCCN(CC#N)CC1. The Morgan fingerprint density at radius 3 is 2.65 bits per heavy atom. The van der Waals surface area contributed by atoms with E-state index in [0.717, 1.165) is 6.54 Å². The summed E-state index contributed by atoms with van der Waals surface area (Å²) in [6.07, 6.45) is 0.713. The molecule has 8 heteroatoms. The van der Waals surface area contributed by atoms with E-state index in [1.165, 1.54) is 4.31 Å². The lowest BCUT2D eigenvalue weighted by Gasteiger charge is -2.20. The molecule has 0 N–H and O–H groups in total. The van der Waals surface area contributed by atoms with Crippen molar-refractivity contribution in [1.82, 2.24) is 14.4 Å². The first-order valence-corrected chi connectivity index (χ1v) is 7.93. The van der Waals surface area contributed by atoms with Gasteiger partial charge in [-0.05, 0) is 20.3 Å². The van der Waals surface area contributed by atoms with Crippen LogP contribution in [-0.4, -0.2) is 55.5 Å². The zero-order chi connectivity index (χ0) is 14.8. The van der Waals surface area contributed by atoms with Gasteiger partial charge in [0.2, 0.25) is 10.0 Å². The molecule has 0 unspecified atom stereocenters. The van der Waals surface area contributed by atoms with Gasteiger partial charge in [0.1, 0.15) is 10.6 Å². The third kappa shape index (κ3) is 2.85. The molecule has 2 rings (SSSR count). The topological polar surface area (TPSA) is 90.4 Å². The summed E-state index contributed by atoms with van der Waals surface area (Å²) in [6, 6.07) is 2.10. The summed E-state index contributed by atoms with van der Waals surface area (Å²) >= 11 is 0. The Morgan fingerprint density at radius 2 is 2.05 bits per heavy atom. The van der Waals surface area contributed by atoms with Crippen LogP contribution in [-0.2, 0) is 10.0 Å². The van der Waals surface area contributed by atoms with E-state index >= 15 is 0 Å². The lowest BCUT2D eigenvalue weighted by molar-refractivity contribution is 0.319. The van der Waals surface area contributed by atoms with Crippen LogP contribution in [0.5, 0.6) is 0 Å². The summed E-state index contributed by atoms with van der Waals surface area (Å²) in [5.74, 6) is 0.320. The van der Waals surface area contributed by atoms with E-state index < -0.39 is 10.0 Å². The maximum Gasteiger partial charge on any atom is 0.248 e. The fourth-order valence-corrected chi connectivity index (χ4v) is 4.18. The number of rotatable bonds is 3. The van der Waals surface area contributed by atoms with Gasteiger partial charge in [0, 0.05) is 26.2 Å². The van der Waals surface area contributed by atoms with Crippen molar-refractivity contribution in [2.75, 3.05) is 32.7 Å². The molecule has 20 heavy (non-hydrogen) atoms. The standard InChI is InChI=1S/C12H18N4O3S/c1-10-12(11(2)19-14-10)20(17,18)16-6-3-5-15(7-4-13)8-9-16/h3,5-9H2,1-2H3. The Morgan fingerprint density at radius 1 is 1.30 bits per heavy atom. The van der Waals surface area contributed by atoms with E-state index in [0.29, 0.717) is 44.1 Å². The quantitative estimate of drug-likeness (QED) is 0.755. The van der Waals surface area contributed by atoms with Gasteiger partial charge in [-0.3, -0.25) is 4.90 Å². The number of hydrogen-bond acceptors (Lipinski definition) is 6. The Bertz CT molecular complexity index is 598. The Hall–Kier alpha value is -1.43. The zero-order valence-electron chi connectivity index (χ0n) is 11.7. The average Bonchev–Trinajstić information content (AvgIpc) is 2.62. The number of aromatic nitrogens is 1. The predicted octanol–water partition coefficient (Wildman–Crippen LogP) is 0.511. The first-order valence-electron chi connectivity index (χ1n) is 6.49. The van der Waals surface area contributed by atoms with Crippen molar-refractivity contribution >= 4 is 10.0 Å². The minimum atomic E-state index is -3.57. The number of nitriles is 1. The highest BCUT2D eigenvalue weighted by Crippen LogP contribution is 2.24. The molecule has 0 spiro atoms. The fraction of sp³-hybridized carbons (Fsp3) is 0.667. The van der Waals surface area contributed by atoms with Gasteiger partial charge in [-0.1, -0.05) is 5.16 Å². The normalized spacial score (nSPS) is 18.6. The van der Waals surface area contributed by atoms with Gasteiger partial charge in [0.25, 0.3) is 0 Å². The molecule has 0 amide bonds. The van der Waals surface area contributed by atoms with Crippen LogP contribution in [0.3, 0.4) is 0 Å². The van der Waals surface area contributed by atoms with E-state index in [4.69, 9.17) is 9.78 Å². The van der Waals surface area contributed by atoms with Crippen molar-refractivity contribution in [1.29, 1.82) is 5.26 Å². The Labute approximate surface area is 118 Å². The van der Waals surface area contributed by atoms with Crippen LogP contribution in [0.4, 0.5) is 0 Å². The number of hydrogen-bond donors (Lipinski definition) is 0. The number of nitrogens with zero attached hydrogens (tertiary/aromatic N) is 4. The highest BCUT2D eigenvalue weighted by Gasteiger charge is 2.32. The van der Waals surface area contributed by atoms with Crippen molar-refractivity contribution in [3.05, 3.63) is 11.5 Å². The molecule has 1 aromatic heterocycles. The zero-order valence-corrected chi connectivity index (χ0v) is 12.5. The summed E-state index contributed by atoms with van der Waals surface area (Å²) in [5.41, 5.74) is 0.389. The summed E-state index contributed by atoms with van der Waals surface area (Å²) in [4.78, 5) is 2.13. The van der Waals surface area contributed by atoms with Crippen molar-refractivity contribution in [2.45, 2.75) is 25.2 Å². The summed E-state index contributed by atoms with van der Waals surface area (Å²) < 4.78 is 31.7. The minimum Gasteiger partial charge on any atom is -0.360 e. The molecule has 1 aromatic rings. The second-order valence-corrected chi connectivity index (χ2v) is 6.72. The van der Waals surface area contributed by atoms with Crippen molar-refractivity contribution < 1.29 is 12.9 Å². The molecular formula is C12H18N4O3S. The second kappa shape index (κ2) is 5.91. The van der Waals surface area contributed by atoms with E-state index in [-0.39, 0.29) is 4.90 Å². The molecule has 1 aliphatic rings. The molecule has 0 aliphatic carbocycles. The van der Waals surface area contributed by atoms with Gasteiger partial charge in [0.15, 0.2) is 5.76 Å². The maximum absolute atomic E-state index is 12.6. The van der Waals surface area contributed by atoms with E-state index in [1.54, 1.807) is 13.8 Å². The van der Waals surface area contributed by atoms with Crippen molar-refractivity contribution in [2.24, 2.45) is 0 Å². The highest BCUT2D eigenvalue weighted by atomic mass is 32.2. The maximum atomic E-state index is 12.6. The number of aryl methyl sites for hydroxylation is 2. The van der Waals surface area contributed by atoms with Gasteiger partial charge in [-0.15, -0.1) is 0 Å². The molecule has 2 heterocycles. The van der Waals surface area contributed by atoms with Gasteiger partial charge in [-0.25, -0.2) is 8.42 Å². The van der Waals surface area contributed by atoms with E-state index in [2.05, 4.69) is 11.2 Å². The van der Waals surface area contributed by atoms with Gasteiger partial charge >= 0.3 is 0 Å². The van der Waals surface area contributed by atoms with Crippen molar-refractivity contribution in [3.8, 4) is 6.07 Å². The molecular weight excluding hydrogens is 280 g/mol. The fourth-order valence-electron chi connectivity index (χ4n) is 2.42. The smallest absolute Gasteiger partial charge is 0.248 e. The highest BCUT2D eigenvalue weighted by molar-refractivity contribution is 7.89. The first-order chi connectivity index (χ1) is 9.46. The number of sulfonamides is 1. The van der Waals surface area contributed by atoms with E-state index in [1.807, 2.05) is 4.90 Å². The van der Waals surface area contributed by atoms with Gasteiger partial charge in [-0.2, -0.15) is 9.57 Å². The third-order valence-electron chi connectivity index (χ3n) is 3.41. The molecule has 0 bridgehead atoms. The summed E-state index contributed by atoms with van der Waals surface area (Å²) in [7, 11) is -3.57. The van der Waals surface area contributed by atoms with Crippen molar-refractivity contribution in [3.63, 3.8) is 0 Å². The Kier molecular flexibility index (Phi) is 4.42. The molecule has 7 nitrogen and oxygen atoms in total. The first kappa shape index (κ1) is 15.0. The monoisotopic (exact) mass is 298 g/mol. The van der Waals surface area contributed by atoms with Crippen LogP contribution in [0, 0.1) is 25.2 Å². The van der Waals surface area contributed by atoms with Crippen LogP contribution >= 0.6 is 0 Å². The molecule has 0 saturated carbocycles. The lowest BCUT2D eigenvalue weighted by atomic mass is 10.4. The predicted molar refractivity (Wildman–Crippen MR) is 71.4 cm³/mol. The van der Waals surface area contributed by atoms with Gasteiger partial charge in [0.05, 0.1) is 12.6 Å². The Balaban J connectivity index is 2.21. The molecule has 0 aromatic carbocycles. The van der Waals surface area contributed by atoms with Crippen LogP contribution < -0.4 is 0 Å². The minimum absolute atomic E-state index is 0.172. The summed E-state index contributed by atoms with van der Waals surface area (Å²) in [6.45, 7) is 5.70. The molecule has 0 atom stereocenters. The molecule has 1 saturated heterocycles. The summed E-state index contributed by atoms with van der Waals surface area (Å²) in [5, 5.41) is 12.4. The molecule has 110 valence electrons. The lowest BCUT2D eigenvalue weighted by Crippen LogP contribution is -2.35. The average molecular weight is 298 g/mol. The largest absolute Gasteiger partial charge is 0.360 e. The van der Waals surface area contributed by atoms with Crippen LogP contribution in [0.1, 0.15) is 17.9 Å². The van der Waals surface area contributed by atoms with Crippen LogP contribution in [0.25, 0.3) is 0 Å². The molecule has 1 aliphatic heterocycles. The third-order valence-corrected chi connectivity index (χ3v) is 5.55.